The van der Waals surface area contributed by atoms with Gasteiger partial charge in [0, 0.05) is 25.2 Å². The van der Waals surface area contributed by atoms with Gasteiger partial charge in [0.15, 0.2) is 0 Å². The molecule has 1 unspecified atom stereocenters. The predicted octanol–water partition coefficient (Wildman–Crippen LogP) is 2.35. The first-order chi connectivity index (χ1) is 11.3. The Morgan fingerprint density at radius 3 is 2.87 bits per heavy atom. The Bertz CT molecular complexity index is 670. The fourth-order valence-electron chi connectivity index (χ4n) is 2.60. The number of carbonyl (C=O) groups excluding carboxylic acids is 1. The molecule has 0 spiro atoms. The van der Waals surface area contributed by atoms with Gasteiger partial charge in [-0.2, -0.15) is 0 Å². The monoisotopic (exact) mass is 312 g/mol. The molecule has 1 aromatic carbocycles. The van der Waals surface area contributed by atoms with E-state index in [-0.39, 0.29) is 12.0 Å². The molecule has 2 heterocycles. The number of hydrogen-bond acceptors (Lipinski definition) is 4. The van der Waals surface area contributed by atoms with Gasteiger partial charge in [-0.05, 0) is 24.1 Å². The lowest BCUT2D eigenvalue weighted by atomic mass is 9.99. The number of hydrogen-bond donors (Lipinski definition) is 1. The average Bonchev–Trinajstić information content (AvgIpc) is 2.60. The van der Waals surface area contributed by atoms with Crippen molar-refractivity contribution in [1.82, 2.24) is 10.3 Å². The van der Waals surface area contributed by atoms with Crippen LogP contribution in [0.3, 0.4) is 0 Å². The van der Waals surface area contributed by atoms with Gasteiger partial charge in [0.05, 0.1) is 24.9 Å². The molecule has 5 heteroatoms. The summed E-state index contributed by atoms with van der Waals surface area (Å²) in [5, 5.41) is 2.91. The lowest BCUT2D eigenvalue weighted by Gasteiger charge is -2.25. The SMILES string of the molecule is CCOc1ccc(C(=O)NCC2Cc3ccccc3CO2)cn1. The molecule has 2 aromatic rings. The highest BCUT2D eigenvalue weighted by atomic mass is 16.5. The van der Waals surface area contributed by atoms with Crippen LogP contribution in [-0.2, 0) is 17.8 Å². The zero-order chi connectivity index (χ0) is 16.1. The summed E-state index contributed by atoms with van der Waals surface area (Å²) >= 11 is 0. The van der Waals surface area contributed by atoms with E-state index in [1.807, 2.05) is 19.1 Å². The van der Waals surface area contributed by atoms with Crippen LogP contribution in [0.25, 0.3) is 0 Å². The fraction of sp³-hybridized carbons (Fsp3) is 0.333. The molecular formula is C18H20N2O3. The van der Waals surface area contributed by atoms with Gasteiger partial charge in [-0.1, -0.05) is 24.3 Å². The van der Waals surface area contributed by atoms with Gasteiger partial charge in [0.25, 0.3) is 5.91 Å². The van der Waals surface area contributed by atoms with Crippen LogP contribution in [0, 0.1) is 0 Å². The number of carbonyl (C=O) groups is 1. The van der Waals surface area contributed by atoms with Crippen molar-refractivity contribution in [2.45, 2.75) is 26.1 Å². The van der Waals surface area contributed by atoms with Crippen molar-refractivity contribution in [1.29, 1.82) is 0 Å². The quantitative estimate of drug-likeness (QED) is 0.920. The van der Waals surface area contributed by atoms with Crippen molar-refractivity contribution in [2.24, 2.45) is 0 Å². The van der Waals surface area contributed by atoms with Crippen LogP contribution >= 0.6 is 0 Å². The summed E-state index contributed by atoms with van der Waals surface area (Å²) in [6.45, 7) is 3.53. The molecule has 1 aromatic heterocycles. The number of nitrogens with one attached hydrogen (secondary N) is 1. The molecule has 1 atom stereocenters. The van der Waals surface area contributed by atoms with Gasteiger partial charge in [0.1, 0.15) is 0 Å². The second-order valence-electron chi connectivity index (χ2n) is 5.43. The molecule has 0 radical (unpaired) electrons. The fourth-order valence-corrected chi connectivity index (χ4v) is 2.60. The molecule has 0 aliphatic carbocycles. The topological polar surface area (TPSA) is 60.5 Å². The summed E-state index contributed by atoms with van der Waals surface area (Å²) in [4.78, 5) is 16.3. The molecule has 1 aliphatic heterocycles. The van der Waals surface area contributed by atoms with Crippen LogP contribution in [0.4, 0.5) is 0 Å². The van der Waals surface area contributed by atoms with Gasteiger partial charge in [-0.15, -0.1) is 0 Å². The maximum absolute atomic E-state index is 12.2. The van der Waals surface area contributed by atoms with E-state index < -0.39 is 0 Å². The van der Waals surface area contributed by atoms with Crippen LogP contribution < -0.4 is 10.1 Å². The maximum Gasteiger partial charge on any atom is 0.252 e. The Hall–Kier alpha value is -2.40. The standard InChI is InChI=1S/C18H20N2O3/c1-2-22-17-8-7-14(10-19-17)18(21)20-11-16-9-13-5-3-4-6-15(13)12-23-16/h3-8,10,16H,2,9,11-12H2,1H3,(H,20,21). The number of nitrogens with zero attached hydrogens (tertiary/aromatic N) is 1. The lowest BCUT2D eigenvalue weighted by molar-refractivity contribution is 0.0285. The second-order valence-corrected chi connectivity index (χ2v) is 5.43. The van der Waals surface area contributed by atoms with Crippen molar-refractivity contribution >= 4 is 5.91 Å². The minimum atomic E-state index is -0.150. The minimum absolute atomic E-state index is 0.00417. The molecule has 5 nitrogen and oxygen atoms in total. The highest BCUT2D eigenvalue weighted by molar-refractivity contribution is 5.93. The Balaban J connectivity index is 1.53. The van der Waals surface area contributed by atoms with E-state index in [0.717, 1.165) is 6.42 Å². The van der Waals surface area contributed by atoms with E-state index in [2.05, 4.69) is 22.4 Å². The number of benzene rings is 1. The molecule has 0 saturated heterocycles. The first-order valence-corrected chi connectivity index (χ1v) is 7.81. The Morgan fingerprint density at radius 1 is 1.30 bits per heavy atom. The third-order valence-corrected chi connectivity index (χ3v) is 3.82. The molecule has 3 rings (SSSR count). The third kappa shape index (κ3) is 3.87. The van der Waals surface area contributed by atoms with E-state index in [1.165, 1.54) is 17.3 Å². The molecule has 23 heavy (non-hydrogen) atoms. The molecule has 0 bridgehead atoms. The van der Waals surface area contributed by atoms with E-state index in [9.17, 15) is 4.79 Å². The maximum atomic E-state index is 12.2. The number of rotatable bonds is 5. The molecule has 1 amide bonds. The number of fused-ring (bicyclic) bond motifs is 1. The normalized spacial score (nSPS) is 16.5. The summed E-state index contributed by atoms with van der Waals surface area (Å²) in [5.74, 6) is 0.374. The summed E-state index contributed by atoms with van der Waals surface area (Å²) in [6.07, 6.45) is 2.35. The Kier molecular flexibility index (Phi) is 4.88. The largest absolute Gasteiger partial charge is 0.478 e. The molecule has 0 saturated carbocycles. The zero-order valence-electron chi connectivity index (χ0n) is 13.1. The smallest absolute Gasteiger partial charge is 0.252 e. The summed E-state index contributed by atoms with van der Waals surface area (Å²) in [5.41, 5.74) is 3.04. The van der Waals surface area contributed by atoms with Gasteiger partial charge in [-0.3, -0.25) is 4.79 Å². The molecule has 0 fully saturated rings. The van der Waals surface area contributed by atoms with Crippen molar-refractivity contribution in [2.75, 3.05) is 13.2 Å². The van der Waals surface area contributed by atoms with Crippen LogP contribution in [0.15, 0.2) is 42.6 Å². The summed E-state index contributed by atoms with van der Waals surface area (Å²) in [6, 6.07) is 11.7. The number of ether oxygens (including phenoxy) is 2. The van der Waals surface area contributed by atoms with Gasteiger partial charge >= 0.3 is 0 Å². The van der Waals surface area contributed by atoms with Crippen molar-refractivity contribution in [3.8, 4) is 5.88 Å². The average molecular weight is 312 g/mol. The number of amides is 1. The van der Waals surface area contributed by atoms with Crippen LogP contribution in [0.5, 0.6) is 5.88 Å². The van der Waals surface area contributed by atoms with Gasteiger partial charge in [-0.25, -0.2) is 4.98 Å². The van der Waals surface area contributed by atoms with Crippen LogP contribution in [0.2, 0.25) is 0 Å². The highest BCUT2D eigenvalue weighted by Gasteiger charge is 2.19. The summed E-state index contributed by atoms with van der Waals surface area (Å²) < 4.78 is 11.1. The first-order valence-electron chi connectivity index (χ1n) is 7.81. The van der Waals surface area contributed by atoms with E-state index in [0.29, 0.717) is 31.2 Å². The highest BCUT2D eigenvalue weighted by Crippen LogP contribution is 2.19. The predicted molar refractivity (Wildman–Crippen MR) is 86.5 cm³/mol. The Labute approximate surface area is 135 Å². The van der Waals surface area contributed by atoms with E-state index in [1.54, 1.807) is 12.1 Å². The van der Waals surface area contributed by atoms with E-state index >= 15 is 0 Å². The van der Waals surface area contributed by atoms with Crippen molar-refractivity contribution in [3.05, 3.63) is 59.3 Å². The van der Waals surface area contributed by atoms with E-state index in [4.69, 9.17) is 9.47 Å². The van der Waals surface area contributed by atoms with Crippen molar-refractivity contribution < 1.29 is 14.3 Å². The Morgan fingerprint density at radius 2 is 2.13 bits per heavy atom. The van der Waals surface area contributed by atoms with Gasteiger partial charge in [0.2, 0.25) is 5.88 Å². The molecular weight excluding hydrogens is 292 g/mol. The molecule has 120 valence electrons. The number of aromatic nitrogens is 1. The minimum Gasteiger partial charge on any atom is -0.478 e. The van der Waals surface area contributed by atoms with Crippen LogP contribution in [-0.4, -0.2) is 30.1 Å². The third-order valence-electron chi connectivity index (χ3n) is 3.82. The van der Waals surface area contributed by atoms with Crippen molar-refractivity contribution in [3.63, 3.8) is 0 Å². The van der Waals surface area contributed by atoms with Crippen LogP contribution in [0.1, 0.15) is 28.4 Å². The first kappa shape index (κ1) is 15.5. The number of pyridine rings is 1. The summed E-state index contributed by atoms with van der Waals surface area (Å²) in [7, 11) is 0. The lowest BCUT2D eigenvalue weighted by Crippen LogP contribution is -2.36. The molecule has 1 N–H and O–H groups in total. The zero-order valence-corrected chi connectivity index (χ0v) is 13.1. The van der Waals surface area contributed by atoms with Gasteiger partial charge < -0.3 is 14.8 Å². The molecule has 1 aliphatic rings. The second kappa shape index (κ2) is 7.24.